The Morgan fingerprint density at radius 3 is 2.22 bits per heavy atom. The lowest BCUT2D eigenvalue weighted by Gasteiger charge is -2.21. The van der Waals surface area contributed by atoms with Gasteiger partial charge in [-0.05, 0) is 11.6 Å². The second kappa shape index (κ2) is 5.69. The number of methoxy groups -OCH3 is 1. The molecule has 0 bridgehead atoms. The Bertz CT molecular complexity index is 493. The summed E-state index contributed by atoms with van der Waals surface area (Å²) >= 11 is 0. The molecule has 0 fully saturated rings. The lowest BCUT2D eigenvalue weighted by molar-refractivity contribution is 0.148. The van der Waals surface area contributed by atoms with Gasteiger partial charge in [0.25, 0.3) is 0 Å². The molecule has 18 heavy (non-hydrogen) atoms. The molecule has 0 saturated heterocycles. The Morgan fingerprint density at radius 1 is 0.944 bits per heavy atom. The summed E-state index contributed by atoms with van der Waals surface area (Å²) in [5.41, 5.74) is 1.95. The molecule has 0 aromatic heterocycles. The number of hydrogen-bond donors (Lipinski definition) is 1. The fourth-order valence-corrected chi connectivity index (χ4v) is 2.12. The predicted octanol–water partition coefficient (Wildman–Crippen LogP) is 3.53. The van der Waals surface area contributed by atoms with Gasteiger partial charge in [0, 0.05) is 11.5 Å². The number of rotatable bonds is 4. The van der Waals surface area contributed by atoms with Crippen LogP contribution in [0.15, 0.2) is 54.6 Å². The summed E-state index contributed by atoms with van der Waals surface area (Å²) in [5.74, 6) is 0.760. The van der Waals surface area contributed by atoms with E-state index in [1.807, 2.05) is 61.5 Å². The van der Waals surface area contributed by atoms with Gasteiger partial charge in [-0.3, -0.25) is 0 Å². The standard InChI is InChI=1S/C16H18O2/c1-12(13-8-4-3-5-9-13)16(17)14-10-6-7-11-15(14)18-2/h3-12,16-17H,1-2H3. The highest BCUT2D eigenvalue weighted by molar-refractivity contribution is 5.37. The van der Waals surface area contributed by atoms with Crippen molar-refractivity contribution in [1.29, 1.82) is 0 Å². The number of hydrogen-bond acceptors (Lipinski definition) is 2. The van der Waals surface area contributed by atoms with Crippen LogP contribution in [-0.2, 0) is 0 Å². The molecule has 0 heterocycles. The molecule has 0 amide bonds. The lowest BCUT2D eigenvalue weighted by Crippen LogP contribution is -2.09. The van der Waals surface area contributed by atoms with E-state index in [0.717, 1.165) is 16.9 Å². The summed E-state index contributed by atoms with van der Waals surface area (Å²) in [7, 11) is 1.62. The largest absolute Gasteiger partial charge is 0.496 e. The molecular weight excluding hydrogens is 224 g/mol. The molecule has 2 heteroatoms. The van der Waals surface area contributed by atoms with E-state index in [4.69, 9.17) is 4.74 Å². The fraction of sp³-hybridized carbons (Fsp3) is 0.250. The molecule has 1 N–H and O–H groups in total. The van der Waals surface area contributed by atoms with Crippen LogP contribution in [0.3, 0.4) is 0 Å². The van der Waals surface area contributed by atoms with Crippen molar-refractivity contribution in [2.45, 2.75) is 18.9 Å². The van der Waals surface area contributed by atoms with Crippen LogP contribution in [0, 0.1) is 0 Å². The van der Waals surface area contributed by atoms with Crippen LogP contribution in [0.25, 0.3) is 0 Å². The van der Waals surface area contributed by atoms with E-state index in [-0.39, 0.29) is 5.92 Å². The molecule has 2 nitrogen and oxygen atoms in total. The van der Waals surface area contributed by atoms with Crippen LogP contribution in [0.2, 0.25) is 0 Å². The summed E-state index contributed by atoms with van der Waals surface area (Å²) in [4.78, 5) is 0. The van der Waals surface area contributed by atoms with E-state index in [9.17, 15) is 5.11 Å². The van der Waals surface area contributed by atoms with Crippen LogP contribution in [0.1, 0.15) is 30.1 Å². The molecule has 0 spiro atoms. The second-order valence-electron chi connectivity index (χ2n) is 4.39. The minimum atomic E-state index is -0.566. The molecule has 2 aromatic rings. The predicted molar refractivity (Wildman–Crippen MR) is 72.8 cm³/mol. The van der Waals surface area contributed by atoms with E-state index in [1.165, 1.54) is 0 Å². The maximum absolute atomic E-state index is 10.5. The SMILES string of the molecule is COc1ccccc1C(O)C(C)c1ccccc1. The van der Waals surface area contributed by atoms with Crippen LogP contribution >= 0.6 is 0 Å². The van der Waals surface area contributed by atoms with Crippen molar-refractivity contribution in [2.75, 3.05) is 7.11 Å². The van der Waals surface area contributed by atoms with E-state index in [0.29, 0.717) is 0 Å². The molecule has 0 saturated carbocycles. The average Bonchev–Trinajstić information content (AvgIpc) is 2.46. The first-order valence-electron chi connectivity index (χ1n) is 6.10. The highest BCUT2D eigenvalue weighted by atomic mass is 16.5. The van der Waals surface area contributed by atoms with Crippen molar-refractivity contribution in [2.24, 2.45) is 0 Å². The number of ether oxygens (including phenoxy) is 1. The number of benzene rings is 2. The van der Waals surface area contributed by atoms with Crippen molar-refractivity contribution in [3.8, 4) is 5.75 Å². The molecular formula is C16H18O2. The van der Waals surface area contributed by atoms with Crippen molar-refractivity contribution in [1.82, 2.24) is 0 Å². The summed E-state index contributed by atoms with van der Waals surface area (Å²) in [6.45, 7) is 2.02. The Kier molecular flexibility index (Phi) is 4.00. The molecule has 2 rings (SSSR count). The first-order chi connectivity index (χ1) is 8.74. The highest BCUT2D eigenvalue weighted by Crippen LogP contribution is 2.34. The highest BCUT2D eigenvalue weighted by Gasteiger charge is 2.20. The summed E-state index contributed by atoms with van der Waals surface area (Å²) < 4.78 is 5.29. The van der Waals surface area contributed by atoms with Gasteiger partial charge in [0.15, 0.2) is 0 Å². The van der Waals surface area contributed by atoms with Crippen LogP contribution < -0.4 is 4.74 Å². The van der Waals surface area contributed by atoms with E-state index in [2.05, 4.69) is 0 Å². The Morgan fingerprint density at radius 2 is 1.56 bits per heavy atom. The minimum Gasteiger partial charge on any atom is -0.496 e. The maximum atomic E-state index is 10.5. The normalized spacial score (nSPS) is 13.9. The van der Waals surface area contributed by atoms with E-state index >= 15 is 0 Å². The number of para-hydroxylation sites is 1. The monoisotopic (exact) mass is 242 g/mol. The van der Waals surface area contributed by atoms with Gasteiger partial charge >= 0.3 is 0 Å². The van der Waals surface area contributed by atoms with Gasteiger partial charge in [0.1, 0.15) is 5.75 Å². The van der Waals surface area contributed by atoms with Crippen LogP contribution in [0.5, 0.6) is 5.75 Å². The average molecular weight is 242 g/mol. The molecule has 2 unspecified atom stereocenters. The van der Waals surface area contributed by atoms with Gasteiger partial charge in [-0.1, -0.05) is 55.5 Å². The third-order valence-corrected chi connectivity index (χ3v) is 3.26. The Labute approximate surface area is 108 Å². The van der Waals surface area contributed by atoms with Crippen molar-refractivity contribution in [3.63, 3.8) is 0 Å². The van der Waals surface area contributed by atoms with Gasteiger partial charge in [0.05, 0.1) is 13.2 Å². The van der Waals surface area contributed by atoms with Crippen molar-refractivity contribution < 1.29 is 9.84 Å². The molecule has 2 atom stereocenters. The summed E-state index contributed by atoms with van der Waals surface area (Å²) in [5, 5.41) is 10.5. The molecule has 0 aliphatic rings. The van der Waals surface area contributed by atoms with Gasteiger partial charge < -0.3 is 9.84 Å². The summed E-state index contributed by atoms with van der Waals surface area (Å²) in [6, 6.07) is 17.6. The second-order valence-corrected chi connectivity index (χ2v) is 4.39. The zero-order valence-electron chi connectivity index (χ0n) is 10.7. The molecule has 0 radical (unpaired) electrons. The van der Waals surface area contributed by atoms with Crippen molar-refractivity contribution in [3.05, 3.63) is 65.7 Å². The first-order valence-corrected chi connectivity index (χ1v) is 6.10. The topological polar surface area (TPSA) is 29.5 Å². The maximum Gasteiger partial charge on any atom is 0.124 e. The lowest BCUT2D eigenvalue weighted by atomic mass is 9.90. The van der Waals surface area contributed by atoms with Crippen LogP contribution in [-0.4, -0.2) is 12.2 Å². The minimum absolute atomic E-state index is 0.0301. The molecule has 0 aliphatic heterocycles. The third kappa shape index (κ3) is 2.54. The van der Waals surface area contributed by atoms with Crippen LogP contribution in [0.4, 0.5) is 0 Å². The number of aliphatic hydroxyl groups excluding tert-OH is 1. The number of aliphatic hydroxyl groups is 1. The summed E-state index contributed by atoms with van der Waals surface area (Å²) in [6.07, 6.45) is -0.566. The van der Waals surface area contributed by atoms with Gasteiger partial charge in [-0.15, -0.1) is 0 Å². The zero-order chi connectivity index (χ0) is 13.0. The Hall–Kier alpha value is -1.80. The Balaban J connectivity index is 2.28. The fourth-order valence-electron chi connectivity index (χ4n) is 2.12. The van der Waals surface area contributed by atoms with Crippen molar-refractivity contribution >= 4 is 0 Å². The van der Waals surface area contributed by atoms with Gasteiger partial charge in [-0.25, -0.2) is 0 Å². The smallest absolute Gasteiger partial charge is 0.124 e. The van der Waals surface area contributed by atoms with E-state index < -0.39 is 6.10 Å². The zero-order valence-corrected chi connectivity index (χ0v) is 10.7. The molecule has 0 aliphatic carbocycles. The molecule has 2 aromatic carbocycles. The van der Waals surface area contributed by atoms with Gasteiger partial charge in [-0.2, -0.15) is 0 Å². The van der Waals surface area contributed by atoms with E-state index in [1.54, 1.807) is 7.11 Å². The quantitative estimate of drug-likeness (QED) is 0.888. The molecule has 94 valence electrons. The van der Waals surface area contributed by atoms with Gasteiger partial charge in [0.2, 0.25) is 0 Å². The first kappa shape index (κ1) is 12.7. The third-order valence-electron chi connectivity index (χ3n) is 3.26.